The lowest BCUT2D eigenvalue weighted by molar-refractivity contribution is 0.0793. The van der Waals surface area contributed by atoms with Crippen molar-refractivity contribution in [3.8, 4) is 0 Å². The van der Waals surface area contributed by atoms with Crippen molar-refractivity contribution in [1.29, 1.82) is 0 Å². The summed E-state index contributed by atoms with van der Waals surface area (Å²) in [6, 6.07) is 19.2. The number of carbonyl (C=O) groups is 2. The number of benzene rings is 3. The summed E-state index contributed by atoms with van der Waals surface area (Å²) >= 11 is 0. The van der Waals surface area contributed by atoms with E-state index >= 15 is 0 Å². The normalized spacial score (nSPS) is 16.1. The summed E-state index contributed by atoms with van der Waals surface area (Å²) in [6.07, 6.45) is 5.63. The molecule has 2 fully saturated rings. The highest BCUT2D eigenvalue weighted by Gasteiger charge is 2.25. The lowest BCUT2D eigenvalue weighted by Crippen LogP contribution is -2.34. The number of rotatable bonds is 4. The molecule has 2 N–H and O–H groups in total. The molecule has 3 aromatic rings. The second kappa shape index (κ2) is 9.53. The third-order valence-electron chi connectivity index (χ3n) is 6.61. The van der Waals surface area contributed by atoms with Crippen LogP contribution in [-0.4, -0.2) is 43.0 Å². The molecule has 0 saturated carbocycles. The Morgan fingerprint density at radius 1 is 0.727 bits per heavy atom. The highest BCUT2D eigenvalue weighted by Crippen LogP contribution is 2.30. The van der Waals surface area contributed by atoms with Crippen LogP contribution in [0.1, 0.15) is 42.5 Å². The summed E-state index contributed by atoms with van der Waals surface area (Å²) in [7, 11) is 0. The summed E-state index contributed by atoms with van der Waals surface area (Å²) in [4.78, 5) is 30.4. The number of nitrogens with one attached hydrogen (secondary N) is 2. The van der Waals surface area contributed by atoms with Gasteiger partial charge < -0.3 is 20.4 Å². The van der Waals surface area contributed by atoms with E-state index in [1.54, 1.807) is 0 Å². The molecule has 0 radical (unpaired) electrons. The lowest BCUT2D eigenvalue weighted by atomic mass is 10.1. The Morgan fingerprint density at radius 3 is 2.27 bits per heavy atom. The standard InChI is InChI=1S/C27H30N4O2/c32-26(31-17-6-7-18-31)23-19-21(13-14-25(23)30-15-4-1-5-16-30)28-27(33)29-24-12-8-10-20-9-2-3-11-22(20)24/h2-3,8-14,19H,1,4-7,15-18H2,(H2,28,29,33). The summed E-state index contributed by atoms with van der Waals surface area (Å²) in [5.41, 5.74) is 3.04. The fourth-order valence-corrected chi connectivity index (χ4v) is 4.91. The van der Waals surface area contributed by atoms with Gasteiger partial charge >= 0.3 is 6.03 Å². The SMILES string of the molecule is O=C(Nc1ccc(N2CCCCC2)c(C(=O)N2CCCC2)c1)Nc1cccc2ccccc12. The van der Waals surface area contributed by atoms with Crippen LogP contribution in [0.15, 0.2) is 60.7 Å². The van der Waals surface area contributed by atoms with Gasteiger partial charge in [-0.05, 0) is 61.8 Å². The van der Waals surface area contributed by atoms with Crippen LogP contribution in [0, 0.1) is 0 Å². The van der Waals surface area contributed by atoms with Crippen molar-refractivity contribution < 1.29 is 9.59 Å². The zero-order valence-corrected chi connectivity index (χ0v) is 18.8. The first kappa shape index (κ1) is 21.3. The van der Waals surface area contributed by atoms with Crippen molar-refractivity contribution in [2.75, 3.05) is 41.7 Å². The third kappa shape index (κ3) is 4.65. The first-order chi connectivity index (χ1) is 16.2. The predicted octanol–water partition coefficient (Wildman–Crippen LogP) is 5.71. The van der Waals surface area contributed by atoms with Crippen molar-refractivity contribution >= 4 is 39.8 Å². The van der Waals surface area contributed by atoms with Gasteiger partial charge in [0.05, 0.1) is 11.3 Å². The van der Waals surface area contributed by atoms with Gasteiger partial charge in [-0.15, -0.1) is 0 Å². The molecule has 3 amide bonds. The maximum Gasteiger partial charge on any atom is 0.323 e. The molecule has 0 aliphatic carbocycles. The van der Waals surface area contributed by atoms with Gasteiger partial charge in [-0.2, -0.15) is 0 Å². The molecule has 170 valence electrons. The fraction of sp³-hybridized carbons (Fsp3) is 0.333. The Kier molecular flexibility index (Phi) is 6.15. The lowest BCUT2D eigenvalue weighted by Gasteiger charge is -2.31. The molecule has 3 aromatic carbocycles. The number of fused-ring (bicyclic) bond motifs is 1. The van der Waals surface area contributed by atoms with Crippen LogP contribution in [0.2, 0.25) is 0 Å². The monoisotopic (exact) mass is 442 g/mol. The van der Waals surface area contributed by atoms with Crippen molar-refractivity contribution in [1.82, 2.24) is 4.90 Å². The third-order valence-corrected chi connectivity index (χ3v) is 6.61. The van der Waals surface area contributed by atoms with Crippen LogP contribution in [0.3, 0.4) is 0 Å². The molecule has 2 aliphatic heterocycles. The van der Waals surface area contributed by atoms with Gasteiger partial charge in [-0.25, -0.2) is 4.79 Å². The van der Waals surface area contributed by atoms with Crippen molar-refractivity contribution in [2.24, 2.45) is 0 Å². The molecule has 2 aliphatic rings. The van der Waals surface area contributed by atoms with Crippen LogP contribution in [-0.2, 0) is 0 Å². The Hall–Kier alpha value is -3.54. The number of likely N-dealkylation sites (tertiary alicyclic amines) is 1. The average molecular weight is 443 g/mol. The maximum atomic E-state index is 13.4. The quantitative estimate of drug-likeness (QED) is 0.544. The van der Waals surface area contributed by atoms with E-state index in [1.165, 1.54) is 6.42 Å². The molecule has 6 nitrogen and oxygen atoms in total. The van der Waals surface area contributed by atoms with E-state index in [4.69, 9.17) is 0 Å². The van der Waals surface area contributed by atoms with Gasteiger partial charge in [0.2, 0.25) is 0 Å². The van der Waals surface area contributed by atoms with Crippen molar-refractivity contribution in [3.63, 3.8) is 0 Å². The molecule has 2 saturated heterocycles. The number of urea groups is 1. The number of hydrogen-bond donors (Lipinski definition) is 2. The number of nitrogens with zero attached hydrogens (tertiary/aromatic N) is 2. The Bertz CT molecular complexity index is 1160. The molecule has 0 spiro atoms. The fourth-order valence-electron chi connectivity index (χ4n) is 4.91. The van der Waals surface area contributed by atoms with E-state index in [2.05, 4.69) is 15.5 Å². The molecule has 2 heterocycles. The van der Waals surface area contributed by atoms with Gasteiger partial charge in [-0.3, -0.25) is 4.79 Å². The zero-order chi connectivity index (χ0) is 22.6. The molecular weight excluding hydrogens is 412 g/mol. The van der Waals surface area contributed by atoms with Crippen LogP contribution >= 0.6 is 0 Å². The molecule has 6 heteroatoms. The highest BCUT2D eigenvalue weighted by atomic mass is 16.2. The topological polar surface area (TPSA) is 64.7 Å². The largest absolute Gasteiger partial charge is 0.371 e. The van der Waals surface area contributed by atoms with E-state index in [-0.39, 0.29) is 11.9 Å². The molecule has 0 atom stereocenters. The Morgan fingerprint density at radius 2 is 1.45 bits per heavy atom. The van der Waals surface area contributed by atoms with Crippen LogP contribution in [0.4, 0.5) is 21.9 Å². The molecule has 0 unspecified atom stereocenters. The molecule has 33 heavy (non-hydrogen) atoms. The Balaban J connectivity index is 1.38. The first-order valence-corrected chi connectivity index (χ1v) is 11.9. The first-order valence-electron chi connectivity index (χ1n) is 11.9. The Labute approximate surface area is 194 Å². The van der Waals surface area contributed by atoms with Gasteiger partial charge in [0.15, 0.2) is 0 Å². The van der Waals surface area contributed by atoms with E-state index in [1.807, 2.05) is 65.6 Å². The number of piperidine rings is 1. The number of carbonyl (C=O) groups excluding carboxylic acids is 2. The molecule has 5 rings (SSSR count). The average Bonchev–Trinajstić information content (AvgIpc) is 3.39. The number of amides is 3. The van der Waals surface area contributed by atoms with Gasteiger partial charge in [0.25, 0.3) is 5.91 Å². The van der Waals surface area contributed by atoms with E-state index < -0.39 is 0 Å². The van der Waals surface area contributed by atoms with E-state index in [9.17, 15) is 9.59 Å². The molecular formula is C27H30N4O2. The zero-order valence-electron chi connectivity index (χ0n) is 18.8. The minimum absolute atomic E-state index is 0.0613. The second-order valence-corrected chi connectivity index (χ2v) is 8.88. The highest BCUT2D eigenvalue weighted by molar-refractivity contribution is 6.07. The minimum atomic E-state index is -0.323. The van der Waals surface area contributed by atoms with E-state index in [0.29, 0.717) is 11.3 Å². The second-order valence-electron chi connectivity index (χ2n) is 8.88. The summed E-state index contributed by atoms with van der Waals surface area (Å²) in [6.45, 7) is 3.54. The molecule has 0 bridgehead atoms. The maximum absolute atomic E-state index is 13.4. The van der Waals surface area contributed by atoms with E-state index in [0.717, 1.165) is 74.0 Å². The minimum Gasteiger partial charge on any atom is -0.371 e. The summed E-state index contributed by atoms with van der Waals surface area (Å²) < 4.78 is 0. The predicted molar refractivity (Wildman–Crippen MR) is 134 cm³/mol. The summed E-state index contributed by atoms with van der Waals surface area (Å²) in [5, 5.41) is 7.95. The van der Waals surface area contributed by atoms with Gasteiger partial charge in [0.1, 0.15) is 0 Å². The molecule has 0 aromatic heterocycles. The van der Waals surface area contributed by atoms with Crippen molar-refractivity contribution in [3.05, 3.63) is 66.2 Å². The van der Waals surface area contributed by atoms with Gasteiger partial charge in [0, 0.05) is 42.9 Å². The van der Waals surface area contributed by atoms with Crippen LogP contribution in [0.25, 0.3) is 10.8 Å². The smallest absolute Gasteiger partial charge is 0.323 e. The van der Waals surface area contributed by atoms with Crippen molar-refractivity contribution in [2.45, 2.75) is 32.1 Å². The van der Waals surface area contributed by atoms with Crippen LogP contribution < -0.4 is 15.5 Å². The van der Waals surface area contributed by atoms with Gasteiger partial charge in [-0.1, -0.05) is 36.4 Å². The summed E-state index contributed by atoms with van der Waals surface area (Å²) in [5.74, 6) is 0.0613. The number of hydrogen-bond acceptors (Lipinski definition) is 3. The van der Waals surface area contributed by atoms with Crippen LogP contribution in [0.5, 0.6) is 0 Å². The number of anilines is 3.